The van der Waals surface area contributed by atoms with E-state index < -0.39 is 10.0 Å². The number of sulfonamides is 1. The molecule has 1 aromatic rings. The zero-order valence-corrected chi connectivity index (χ0v) is 14.0. The van der Waals surface area contributed by atoms with Crippen LogP contribution in [0.25, 0.3) is 0 Å². The quantitative estimate of drug-likeness (QED) is 0.796. The van der Waals surface area contributed by atoms with Crippen molar-refractivity contribution in [3.8, 4) is 0 Å². The van der Waals surface area contributed by atoms with Crippen LogP contribution < -0.4 is 4.72 Å². The summed E-state index contributed by atoms with van der Waals surface area (Å²) in [5.41, 5.74) is 0.364. The summed E-state index contributed by atoms with van der Waals surface area (Å²) in [7, 11) is -3.64. The third-order valence-electron chi connectivity index (χ3n) is 3.69. The highest BCUT2D eigenvalue weighted by molar-refractivity contribution is 7.89. The standard InChI is InChI=1S/C16H22N2O4S/c1-3-8-17-23(20,21)15-7-5-6-13(11-15)16(19)18-9-10-22-14(4-2)12-18/h3,5-7,11,14,17H,1,4,8-10,12H2,2H3. The minimum absolute atomic E-state index is 0.0360. The van der Waals surface area contributed by atoms with Gasteiger partial charge in [-0.2, -0.15) is 0 Å². The number of morpholine rings is 1. The summed E-state index contributed by atoms with van der Waals surface area (Å²) in [4.78, 5) is 14.4. The lowest BCUT2D eigenvalue weighted by Gasteiger charge is -2.32. The molecule has 1 saturated heterocycles. The molecule has 1 unspecified atom stereocenters. The maximum absolute atomic E-state index is 12.6. The largest absolute Gasteiger partial charge is 0.375 e. The summed E-state index contributed by atoms with van der Waals surface area (Å²) in [6, 6.07) is 6.08. The second-order valence-electron chi connectivity index (χ2n) is 5.32. The molecule has 126 valence electrons. The highest BCUT2D eigenvalue weighted by atomic mass is 32.2. The van der Waals surface area contributed by atoms with Crippen LogP contribution in [0.3, 0.4) is 0 Å². The van der Waals surface area contributed by atoms with Gasteiger partial charge in [0.05, 0.1) is 17.6 Å². The first-order valence-corrected chi connectivity index (χ1v) is 9.07. The van der Waals surface area contributed by atoms with Crippen LogP contribution in [-0.2, 0) is 14.8 Å². The van der Waals surface area contributed by atoms with Gasteiger partial charge in [0, 0.05) is 25.2 Å². The summed E-state index contributed by atoms with van der Waals surface area (Å²) >= 11 is 0. The second kappa shape index (κ2) is 7.72. The molecular weight excluding hydrogens is 316 g/mol. The van der Waals surface area contributed by atoms with Gasteiger partial charge in [0.25, 0.3) is 5.91 Å². The van der Waals surface area contributed by atoms with E-state index in [0.29, 0.717) is 25.3 Å². The van der Waals surface area contributed by atoms with Gasteiger partial charge in [-0.3, -0.25) is 4.79 Å². The van der Waals surface area contributed by atoms with Gasteiger partial charge in [-0.15, -0.1) is 6.58 Å². The van der Waals surface area contributed by atoms with Crippen LogP contribution in [0.15, 0.2) is 41.8 Å². The topological polar surface area (TPSA) is 75.7 Å². The van der Waals surface area contributed by atoms with Gasteiger partial charge in [-0.05, 0) is 24.6 Å². The first-order chi connectivity index (χ1) is 11.0. The van der Waals surface area contributed by atoms with Crippen LogP contribution >= 0.6 is 0 Å². The molecule has 1 atom stereocenters. The molecule has 1 heterocycles. The van der Waals surface area contributed by atoms with Gasteiger partial charge < -0.3 is 9.64 Å². The molecule has 1 aromatic carbocycles. The Morgan fingerprint density at radius 3 is 3.00 bits per heavy atom. The van der Waals surface area contributed by atoms with E-state index in [2.05, 4.69) is 11.3 Å². The van der Waals surface area contributed by atoms with E-state index in [4.69, 9.17) is 4.74 Å². The Bertz CT molecular complexity index is 672. The van der Waals surface area contributed by atoms with Gasteiger partial charge in [-0.25, -0.2) is 13.1 Å². The summed E-state index contributed by atoms with van der Waals surface area (Å²) in [5.74, 6) is -0.174. The minimum atomic E-state index is -3.64. The molecule has 1 amide bonds. The molecule has 0 aliphatic carbocycles. The molecule has 7 heteroatoms. The average molecular weight is 338 g/mol. The van der Waals surface area contributed by atoms with Crippen molar-refractivity contribution in [1.82, 2.24) is 9.62 Å². The lowest BCUT2D eigenvalue weighted by atomic mass is 10.1. The van der Waals surface area contributed by atoms with Crippen molar-refractivity contribution in [2.45, 2.75) is 24.3 Å². The number of hydrogen-bond acceptors (Lipinski definition) is 4. The number of hydrogen-bond donors (Lipinski definition) is 1. The maximum Gasteiger partial charge on any atom is 0.254 e. The number of amides is 1. The number of nitrogens with zero attached hydrogens (tertiary/aromatic N) is 1. The lowest BCUT2D eigenvalue weighted by Crippen LogP contribution is -2.45. The van der Waals surface area contributed by atoms with Gasteiger partial charge in [0.1, 0.15) is 0 Å². The fourth-order valence-electron chi connectivity index (χ4n) is 2.38. The molecule has 0 radical (unpaired) electrons. The number of carbonyl (C=O) groups excluding carboxylic acids is 1. The predicted octanol–water partition coefficient (Wildman–Crippen LogP) is 1.40. The Morgan fingerprint density at radius 2 is 2.30 bits per heavy atom. The van der Waals surface area contributed by atoms with E-state index in [9.17, 15) is 13.2 Å². The van der Waals surface area contributed by atoms with Crippen molar-refractivity contribution in [3.05, 3.63) is 42.5 Å². The molecule has 0 spiro atoms. The van der Waals surface area contributed by atoms with Crippen molar-refractivity contribution in [2.75, 3.05) is 26.2 Å². The van der Waals surface area contributed by atoms with Crippen LogP contribution in [0.1, 0.15) is 23.7 Å². The molecule has 1 aliphatic rings. The molecule has 2 rings (SSSR count). The van der Waals surface area contributed by atoms with Crippen molar-refractivity contribution in [1.29, 1.82) is 0 Å². The number of ether oxygens (including phenoxy) is 1. The molecule has 0 saturated carbocycles. The van der Waals surface area contributed by atoms with Crippen LogP contribution in [0.5, 0.6) is 0 Å². The van der Waals surface area contributed by atoms with E-state index >= 15 is 0 Å². The Morgan fingerprint density at radius 1 is 1.52 bits per heavy atom. The summed E-state index contributed by atoms with van der Waals surface area (Å²) in [6.45, 7) is 7.18. The average Bonchev–Trinajstić information content (AvgIpc) is 2.59. The molecule has 6 nitrogen and oxygen atoms in total. The van der Waals surface area contributed by atoms with Crippen molar-refractivity contribution in [3.63, 3.8) is 0 Å². The van der Waals surface area contributed by atoms with Gasteiger partial charge in [0.2, 0.25) is 10.0 Å². The Labute approximate surface area is 137 Å². The third-order valence-corrected chi connectivity index (χ3v) is 5.11. The number of benzene rings is 1. The van der Waals surface area contributed by atoms with Crippen LogP contribution in [0.2, 0.25) is 0 Å². The zero-order chi connectivity index (χ0) is 16.9. The van der Waals surface area contributed by atoms with E-state index in [-0.39, 0.29) is 23.5 Å². The predicted molar refractivity (Wildman–Crippen MR) is 87.8 cm³/mol. The molecule has 1 aliphatic heterocycles. The van der Waals surface area contributed by atoms with Gasteiger partial charge >= 0.3 is 0 Å². The lowest BCUT2D eigenvalue weighted by molar-refractivity contribution is -0.0226. The molecule has 0 bridgehead atoms. The van der Waals surface area contributed by atoms with Gasteiger partial charge in [-0.1, -0.05) is 19.1 Å². The molecule has 1 N–H and O–H groups in total. The van der Waals surface area contributed by atoms with Gasteiger partial charge in [0.15, 0.2) is 0 Å². The third kappa shape index (κ3) is 4.40. The first kappa shape index (κ1) is 17.7. The molecule has 23 heavy (non-hydrogen) atoms. The van der Waals surface area contributed by atoms with Crippen LogP contribution in [0, 0.1) is 0 Å². The zero-order valence-electron chi connectivity index (χ0n) is 13.2. The molecular formula is C16H22N2O4S. The van der Waals surface area contributed by atoms with Crippen LogP contribution in [-0.4, -0.2) is 51.6 Å². The summed E-state index contributed by atoms with van der Waals surface area (Å²) in [5, 5.41) is 0. The van der Waals surface area contributed by atoms with Crippen molar-refractivity contribution < 1.29 is 17.9 Å². The first-order valence-electron chi connectivity index (χ1n) is 7.59. The number of nitrogens with one attached hydrogen (secondary N) is 1. The SMILES string of the molecule is C=CCNS(=O)(=O)c1cccc(C(=O)N2CCOC(CC)C2)c1. The highest BCUT2D eigenvalue weighted by Crippen LogP contribution is 2.16. The fourth-order valence-corrected chi connectivity index (χ4v) is 3.43. The summed E-state index contributed by atoms with van der Waals surface area (Å²) < 4.78 is 32.2. The maximum atomic E-state index is 12.6. The molecule has 0 aromatic heterocycles. The molecule has 1 fully saturated rings. The monoisotopic (exact) mass is 338 g/mol. The van der Waals surface area contributed by atoms with Crippen molar-refractivity contribution >= 4 is 15.9 Å². The van der Waals surface area contributed by atoms with Crippen molar-refractivity contribution in [2.24, 2.45) is 0 Å². The normalized spacial score (nSPS) is 18.7. The Balaban J connectivity index is 2.19. The second-order valence-corrected chi connectivity index (χ2v) is 7.09. The van der Waals surface area contributed by atoms with E-state index in [1.54, 1.807) is 17.0 Å². The smallest absolute Gasteiger partial charge is 0.254 e. The van der Waals surface area contributed by atoms with E-state index in [1.807, 2.05) is 6.92 Å². The Kier molecular flexibility index (Phi) is 5.92. The van der Waals surface area contributed by atoms with E-state index in [0.717, 1.165) is 6.42 Å². The minimum Gasteiger partial charge on any atom is -0.375 e. The van der Waals surface area contributed by atoms with E-state index in [1.165, 1.54) is 18.2 Å². The number of carbonyl (C=O) groups is 1. The Hall–Kier alpha value is -1.70. The number of rotatable bonds is 6. The summed E-state index contributed by atoms with van der Waals surface area (Å²) in [6.07, 6.45) is 2.34. The fraction of sp³-hybridized carbons (Fsp3) is 0.438. The van der Waals surface area contributed by atoms with Crippen LogP contribution in [0.4, 0.5) is 0 Å². The highest BCUT2D eigenvalue weighted by Gasteiger charge is 2.25.